The topological polar surface area (TPSA) is 92.3 Å². The summed E-state index contributed by atoms with van der Waals surface area (Å²) in [7, 11) is 0. The normalized spacial score (nSPS) is 60.9. The van der Waals surface area contributed by atoms with Crippen molar-refractivity contribution in [3.05, 3.63) is 0 Å². The lowest BCUT2D eigenvalue weighted by atomic mass is 9.56. The van der Waals surface area contributed by atoms with E-state index in [1.54, 1.807) is 0 Å². The summed E-state index contributed by atoms with van der Waals surface area (Å²) in [5.41, 5.74) is -1.69. The van der Waals surface area contributed by atoms with Crippen LogP contribution in [0.2, 0.25) is 0 Å². The zero-order valence-corrected chi connectivity index (χ0v) is 29.9. The highest BCUT2D eigenvalue weighted by atomic mass is 17.3. The van der Waals surface area contributed by atoms with Crippen LogP contribution in [-0.4, -0.2) is 65.6 Å². The minimum atomic E-state index is -0.791. The molecule has 12 rings (SSSR count). The van der Waals surface area contributed by atoms with Gasteiger partial charge in [-0.15, -0.1) is 0 Å². The number of rotatable bonds is 4. The van der Waals surface area contributed by atoms with Crippen molar-refractivity contribution in [1.82, 2.24) is 0 Å². The lowest BCUT2D eigenvalue weighted by Crippen LogP contribution is -2.71. The van der Waals surface area contributed by atoms with Crippen LogP contribution in [0.5, 0.6) is 0 Å². The van der Waals surface area contributed by atoms with E-state index in [-0.39, 0.29) is 35.9 Å². The van der Waals surface area contributed by atoms with Crippen LogP contribution >= 0.6 is 0 Å². The number of ether oxygens (including phenoxy) is 6. The second-order valence-corrected chi connectivity index (χ2v) is 18.6. The average molecular weight is 675 g/mol. The molecule has 12 fully saturated rings. The zero-order chi connectivity index (χ0) is 32.9. The highest BCUT2D eigenvalue weighted by Gasteiger charge is 2.72. The Labute approximate surface area is 285 Å². The second kappa shape index (κ2) is 10.6. The molecule has 48 heavy (non-hydrogen) atoms. The average Bonchev–Trinajstić information content (AvgIpc) is 3.10. The van der Waals surface area contributed by atoms with Gasteiger partial charge in [0.05, 0.1) is 24.4 Å². The summed E-state index contributed by atoms with van der Waals surface area (Å²) < 4.78 is 41.6. The number of hydrogen-bond acceptors (Lipinski definition) is 10. The maximum atomic E-state index is 7.22. The predicted octanol–water partition coefficient (Wildman–Crippen LogP) is 6.93. The van der Waals surface area contributed by atoms with E-state index in [9.17, 15) is 0 Å². The van der Waals surface area contributed by atoms with Crippen molar-refractivity contribution in [3.63, 3.8) is 0 Å². The molecule has 0 amide bonds. The third kappa shape index (κ3) is 4.34. The first kappa shape index (κ1) is 32.3. The van der Waals surface area contributed by atoms with Crippen LogP contribution in [0.15, 0.2) is 0 Å². The molecule has 10 nitrogen and oxygen atoms in total. The number of hydrogen-bond donors (Lipinski definition) is 0. The van der Waals surface area contributed by atoms with E-state index < -0.39 is 46.7 Å². The molecule has 3 saturated carbocycles. The highest BCUT2D eigenvalue weighted by Crippen LogP contribution is 2.64. The molecule has 0 aromatic heterocycles. The van der Waals surface area contributed by atoms with Gasteiger partial charge in [0.1, 0.15) is 0 Å². The Kier molecular flexibility index (Phi) is 7.13. The molecule has 9 saturated heterocycles. The predicted molar refractivity (Wildman–Crippen MR) is 169 cm³/mol. The smallest absolute Gasteiger partial charge is 0.201 e. The van der Waals surface area contributed by atoms with Gasteiger partial charge in [0.15, 0.2) is 29.6 Å². The molecule has 0 aromatic carbocycles. The Morgan fingerprint density at radius 3 is 1.50 bits per heavy atom. The Morgan fingerprint density at radius 1 is 0.562 bits per heavy atom. The van der Waals surface area contributed by atoms with Gasteiger partial charge in [-0.1, -0.05) is 27.7 Å². The van der Waals surface area contributed by atoms with Crippen LogP contribution in [0, 0.1) is 47.3 Å². The molecule has 0 unspecified atom stereocenters. The van der Waals surface area contributed by atoms with Gasteiger partial charge >= 0.3 is 0 Å². The van der Waals surface area contributed by atoms with Crippen LogP contribution in [0.25, 0.3) is 0 Å². The lowest BCUT2D eigenvalue weighted by Gasteiger charge is -2.61. The van der Waals surface area contributed by atoms with Gasteiger partial charge in [-0.3, -0.25) is 0 Å². The fourth-order valence-corrected chi connectivity index (χ4v) is 12.9. The highest BCUT2D eigenvalue weighted by molar-refractivity contribution is 5.13. The van der Waals surface area contributed by atoms with E-state index in [2.05, 4.69) is 27.7 Å². The summed E-state index contributed by atoms with van der Waals surface area (Å²) in [4.78, 5) is 25.2. The second-order valence-electron chi connectivity index (χ2n) is 18.6. The molecule has 16 atom stereocenters. The van der Waals surface area contributed by atoms with Gasteiger partial charge in [-0.05, 0) is 94.3 Å². The van der Waals surface area contributed by atoms with E-state index in [0.717, 1.165) is 70.6 Å². The van der Waals surface area contributed by atoms with Gasteiger partial charge in [0, 0.05) is 50.4 Å². The first-order chi connectivity index (χ1) is 22.9. The van der Waals surface area contributed by atoms with Crippen molar-refractivity contribution in [1.29, 1.82) is 0 Å². The summed E-state index contributed by atoms with van der Waals surface area (Å²) in [6.07, 6.45) is 11.6. The SMILES string of the molecule is C[C@H]1[C@@H](CC2(C[C@H]3O[C@@H]4O[C@]5(C)CC[C@H]6[C@H](C)CC[C@@H]([C@H]3C)[C@@]46OO5)COC3(CCC3)O2)O[C@@H]2O[C@]3(C)CC[C@H]4[C@H](C)CC[C@@H]1[C@@]24OO3. The summed E-state index contributed by atoms with van der Waals surface area (Å²) in [5.74, 6) is 0.737. The van der Waals surface area contributed by atoms with Crippen LogP contribution < -0.4 is 0 Å². The Bertz CT molecular complexity index is 1210. The van der Waals surface area contributed by atoms with E-state index in [0.29, 0.717) is 30.3 Å². The summed E-state index contributed by atoms with van der Waals surface area (Å²) >= 11 is 0. The summed E-state index contributed by atoms with van der Waals surface area (Å²) in [5, 5.41) is 0. The molecular formula is C38H58O10. The van der Waals surface area contributed by atoms with Gasteiger partial charge in [-0.25, -0.2) is 19.6 Å². The van der Waals surface area contributed by atoms with Crippen molar-refractivity contribution in [2.24, 2.45) is 47.3 Å². The van der Waals surface area contributed by atoms with Crippen molar-refractivity contribution in [2.45, 2.75) is 184 Å². The summed E-state index contributed by atoms with van der Waals surface area (Å²) in [6, 6.07) is 0. The Balaban J connectivity index is 0.965. The quantitative estimate of drug-likeness (QED) is 0.292. The molecule has 3 spiro atoms. The molecule has 10 heteroatoms. The molecule has 0 aromatic rings. The summed E-state index contributed by atoms with van der Waals surface area (Å²) in [6.45, 7) is 14.0. The van der Waals surface area contributed by atoms with Crippen molar-refractivity contribution in [3.8, 4) is 0 Å². The molecule has 0 radical (unpaired) electrons. The zero-order valence-electron chi connectivity index (χ0n) is 29.9. The molecule has 12 aliphatic rings. The van der Waals surface area contributed by atoms with E-state index in [4.69, 9.17) is 48.0 Å². The van der Waals surface area contributed by atoms with Gasteiger partial charge in [-0.2, -0.15) is 0 Å². The Morgan fingerprint density at radius 2 is 1.06 bits per heavy atom. The minimum Gasteiger partial charge on any atom is -0.347 e. The minimum absolute atomic E-state index is 0.0732. The van der Waals surface area contributed by atoms with E-state index in [1.165, 1.54) is 12.8 Å². The first-order valence-corrected chi connectivity index (χ1v) is 19.7. The largest absolute Gasteiger partial charge is 0.347 e. The lowest BCUT2D eigenvalue weighted by molar-refractivity contribution is -0.572. The Hall–Kier alpha value is -0.400. The van der Waals surface area contributed by atoms with E-state index in [1.807, 2.05) is 13.8 Å². The van der Waals surface area contributed by atoms with Gasteiger partial charge in [0.2, 0.25) is 11.6 Å². The molecule has 3 aliphatic carbocycles. The van der Waals surface area contributed by atoms with Crippen LogP contribution in [-0.2, 0) is 48.0 Å². The van der Waals surface area contributed by atoms with Crippen molar-refractivity contribution >= 4 is 0 Å². The fourth-order valence-electron chi connectivity index (χ4n) is 12.9. The maximum Gasteiger partial charge on any atom is 0.201 e. The molecule has 4 bridgehead atoms. The molecule has 0 N–H and O–H groups in total. The monoisotopic (exact) mass is 674 g/mol. The first-order valence-electron chi connectivity index (χ1n) is 19.7. The maximum absolute atomic E-state index is 7.22. The van der Waals surface area contributed by atoms with E-state index >= 15 is 0 Å². The van der Waals surface area contributed by atoms with Gasteiger partial charge in [0.25, 0.3) is 0 Å². The third-order valence-corrected chi connectivity index (χ3v) is 15.9. The van der Waals surface area contributed by atoms with Crippen molar-refractivity contribution < 1.29 is 48.0 Å². The number of fused-ring (bicyclic) bond motifs is 4. The molecule has 9 aliphatic heterocycles. The third-order valence-electron chi connectivity index (χ3n) is 15.9. The molecular weight excluding hydrogens is 616 g/mol. The van der Waals surface area contributed by atoms with Gasteiger partial charge < -0.3 is 28.4 Å². The van der Waals surface area contributed by atoms with Crippen LogP contribution in [0.1, 0.15) is 125 Å². The van der Waals surface area contributed by atoms with Crippen LogP contribution in [0.4, 0.5) is 0 Å². The molecule has 270 valence electrons. The van der Waals surface area contributed by atoms with Crippen molar-refractivity contribution in [2.75, 3.05) is 6.61 Å². The molecule has 9 heterocycles. The fraction of sp³-hybridized carbons (Fsp3) is 1.00. The standard InChI is InChI=1S/C38H58O10/c1-21-8-10-27-23(3)29(40-31-37(27)25(21)12-16-33(5,42-31)45-47-37)18-35(20-39-36(44-35)14-7-15-36)19-30-24(4)28-11-9-22(2)26-13-17-34(6)43-32(41-30)38(26,28)48-46-34/h21-32H,7-20H2,1-6H3/t21-,22-,23-,24-,25+,26+,27+,28+,29-,30-,31-,32-,33+,34+,37-,38-/m1/s1. The van der Waals surface area contributed by atoms with Crippen LogP contribution in [0.3, 0.4) is 0 Å².